The number of aliphatic hydroxyl groups excluding tert-OH is 1. The Labute approximate surface area is 124 Å². The summed E-state index contributed by atoms with van der Waals surface area (Å²) in [5, 5.41) is 12.1. The molecule has 1 saturated heterocycles. The molecule has 7 heteroatoms. The van der Waals surface area contributed by atoms with Crippen molar-refractivity contribution in [1.82, 2.24) is 15.1 Å². The molecule has 2 rings (SSSR count). The van der Waals surface area contributed by atoms with Crippen molar-refractivity contribution in [3.05, 3.63) is 0 Å². The highest BCUT2D eigenvalue weighted by Crippen LogP contribution is 2.29. The minimum absolute atomic E-state index is 0.0291. The molecule has 0 spiro atoms. The zero-order chi connectivity index (χ0) is 15.4. The van der Waals surface area contributed by atoms with Crippen molar-refractivity contribution in [3.63, 3.8) is 0 Å². The normalized spacial score (nSPS) is 26.4. The molecule has 2 unspecified atom stereocenters. The number of urea groups is 1. The molecule has 2 aliphatic rings. The molecule has 2 fully saturated rings. The summed E-state index contributed by atoms with van der Waals surface area (Å²) in [7, 11) is 1.53. The molecule has 2 atom stereocenters. The van der Waals surface area contributed by atoms with E-state index in [-0.39, 0.29) is 43.3 Å². The Kier molecular flexibility index (Phi) is 5.17. The first kappa shape index (κ1) is 15.8. The van der Waals surface area contributed by atoms with E-state index in [1.165, 1.54) is 11.9 Å². The van der Waals surface area contributed by atoms with Crippen molar-refractivity contribution in [1.29, 1.82) is 0 Å². The Balaban J connectivity index is 1.79. The van der Waals surface area contributed by atoms with Gasteiger partial charge in [0.25, 0.3) is 5.91 Å². The maximum atomic E-state index is 11.9. The maximum Gasteiger partial charge on any atom is 0.327 e. The molecular weight excluding hydrogens is 274 g/mol. The fourth-order valence-electron chi connectivity index (χ4n) is 3.06. The Bertz CT molecular complexity index is 426. The second-order valence-corrected chi connectivity index (χ2v) is 5.91. The highest BCUT2D eigenvalue weighted by atomic mass is 16.3. The van der Waals surface area contributed by atoms with Crippen LogP contribution in [0.3, 0.4) is 0 Å². The quantitative estimate of drug-likeness (QED) is 0.687. The van der Waals surface area contributed by atoms with E-state index < -0.39 is 6.03 Å². The van der Waals surface area contributed by atoms with Gasteiger partial charge in [0, 0.05) is 20.2 Å². The second kappa shape index (κ2) is 6.89. The van der Waals surface area contributed by atoms with Crippen molar-refractivity contribution in [3.8, 4) is 0 Å². The summed E-state index contributed by atoms with van der Waals surface area (Å²) in [5.74, 6) is -0.154. The minimum Gasteiger partial charge on any atom is -0.396 e. The van der Waals surface area contributed by atoms with Crippen LogP contribution in [0.2, 0.25) is 0 Å². The molecule has 1 aliphatic heterocycles. The Morgan fingerprint density at radius 3 is 2.52 bits per heavy atom. The van der Waals surface area contributed by atoms with Crippen LogP contribution in [0.15, 0.2) is 0 Å². The van der Waals surface area contributed by atoms with Crippen molar-refractivity contribution in [2.75, 3.05) is 33.3 Å². The van der Waals surface area contributed by atoms with Gasteiger partial charge in [-0.05, 0) is 24.7 Å². The van der Waals surface area contributed by atoms with Crippen LogP contribution < -0.4 is 5.32 Å². The average molecular weight is 297 g/mol. The van der Waals surface area contributed by atoms with Gasteiger partial charge in [-0.3, -0.25) is 14.5 Å². The van der Waals surface area contributed by atoms with E-state index in [1.54, 1.807) is 0 Å². The molecule has 0 bridgehead atoms. The summed E-state index contributed by atoms with van der Waals surface area (Å²) in [4.78, 5) is 37.4. The molecule has 21 heavy (non-hydrogen) atoms. The molecule has 0 aromatic rings. The fraction of sp³-hybridized carbons (Fsp3) is 0.786. The lowest BCUT2D eigenvalue weighted by Gasteiger charge is -2.30. The molecule has 1 heterocycles. The van der Waals surface area contributed by atoms with Crippen LogP contribution in [0.25, 0.3) is 0 Å². The van der Waals surface area contributed by atoms with Gasteiger partial charge in [-0.2, -0.15) is 0 Å². The molecule has 0 radical (unpaired) electrons. The largest absolute Gasteiger partial charge is 0.396 e. The number of carbonyl (C=O) groups is 3. The minimum atomic E-state index is -0.430. The zero-order valence-corrected chi connectivity index (χ0v) is 12.4. The molecule has 0 aromatic carbocycles. The fourth-order valence-corrected chi connectivity index (χ4v) is 3.06. The third-order valence-electron chi connectivity index (χ3n) is 4.40. The number of nitrogens with one attached hydrogen (secondary N) is 1. The van der Waals surface area contributed by atoms with E-state index in [9.17, 15) is 19.5 Å². The van der Waals surface area contributed by atoms with Crippen LogP contribution >= 0.6 is 0 Å². The van der Waals surface area contributed by atoms with E-state index in [1.807, 2.05) is 0 Å². The summed E-state index contributed by atoms with van der Waals surface area (Å²) in [5.41, 5.74) is 0. The lowest BCUT2D eigenvalue weighted by Crippen LogP contribution is -2.43. The smallest absolute Gasteiger partial charge is 0.327 e. The van der Waals surface area contributed by atoms with Crippen LogP contribution in [0, 0.1) is 11.8 Å². The van der Waals surface area contributed by atoms with Gasteiger partial charge < -0.3 is 15.3 Å². The monoisotopic (exact) mass is 297 g/mol. The highest BCUT2D eigenvalue weighted by Gasteiger charge is 2.35. The number of aliphatic hydroxyl groups is 1. The third kappa shape index (κ3) is 3.72. The van der Waals surface area contributed by atoms with E-state index in [0.717, 1.165) is 30.6 Å². The Morgan fingerprint density at radius 1 is 1.29 bits per heavy atom. The van der Waals surface area contributed by atoms with Gasteiger partial charge in [0.1, 0.15) is 13.1 Å². The summed E-state index contributed by atoms with van der Waals surface area (Å²) in [6.07, 6.45) is 4.23. The average Bonchev–Trinajstić information content (AvgIpc) is 2.72. The summed E-state index contributed by atoms with van der Waals surface area (Å²) in [6.45, 7) is 0.449. The standard InChI is InChI=1S/C14H23N3O4/c1-16-8-13(20)17(14(16)21)7-12(19)15-6-10-4-2-3-5-11(10)9-18/h10-11,18H,2-9H2,1H3,(H,15,19). The third-order valence-corrected chi connectivity index (χ3v) is 4.40. The van der Waals surface area contributed by atoms with Gasteiger partial charge in [-0.25, -0.2) is 4.79 Å². The number of likely N-dealkylation sites (N-methyl/N-ethyl adjacent to an activating group) is 1. The Morgan fingerprint density at radius 2 is 1.95 bits per heavy atom. The van der Waals surface area contributed by atoms with Gasteiger partial charge in [-0.15, -0.1) is 0 Å². The molecule has 1 aliphatic carbocycles. The van der Waals surface area contributed by atoms with Crippen LogP contribution in [0.1, 0.15) is 25.7 Å². The first-order chi connectivity index (χ1) is 10.0. The van der Waals surface area contributed by atoms with Gasteiger partial charge in [-0.1, -0.05) is 12.8 Å². The molecule has 0 aromatic heterocycles. The molecule has 118 valence electrons. The second-order valence-electron chi connectivity index (χ2n) is 5.91. The van der Waals surface area contributed by atoms with Gasteiger partial charge in [0.2, 0.25) is 5.91 Å². The van der Waals surface area contributed by atoms with E-state index >= 15 is 0 Å². The lowest BCUT2D eigenvalue weighted by atomic mass is 9.79. The van der Waals surface area contributed by atoms with E-state index in [2.05, 4.69) is 5.32 Å². The van der Waals surface area contributed by atoms with Crippen LogP contribution in [-0.4, -0.2) is 66.0 Å². The molecule has 4 amide bonds. The Hall–Kier alpha value is -1.63. The van der Waals surface area contributed by atoms with Crippen LogP contribution in [0.5, 0.6) is 0 Å². The molecule has 2 N–H and O–H groups in total. The predicted octanol–water partition coefficient (Wildman–Crippen LogP) is -0.205. The molecule has 1 saturated carbocycles. The van der Waals surface area contributed by atoms with Crippen molar-refractivity contribution in [2.24, 2.45) is 11.8 Å². The predicted molar refractivity (Wildman–Crippen MR) is 75.3 cm³/mol. The lowest BCUT2D eigenvalue weighted by molar-refractivity contribution is -0.130. The van der Waals surface area contributed by atoms with E-state index in [0.29, 0.717) is 6.54 Å². The number of carbonyl (C=O) groups excluding carboxylic acids is 3. The van der Waals surface area contributed by atoms with Crippen molar-refractivity contribution >= 4 is 17.8 Å². The number of rotatable bonds is 5. The molecular formula is C14H23N3O4. The SMILES string of the molecule is CN1CC(=O)N(CC(=O)NCC2CCCCC2CO)C1=O. The molecule has 7 nitrogen and oxygen atoms in total. The first-order valence-electron chi connectivity index (χ1n) is 7.46. The van der Waals surface area contributed by atoms with Gasteiger partial charge >= 0.3 is 6.03 Å². The summed E-state index contributed by atoms with van der Waals surface area (Å²) >= 11 is 0. The van der Waals surface area contributed by atoms with Crippen molar-refractivity contribution < 1.29 is 19.5 Å². The number of amides is 4. The number of hydrogen-bond acceptors (Lipinski definition) is 4. The number of imide groups is 1. The zero-order valence-electron chi connectivity index (χ0n) is 12.4. The topological polar surface area (TPSA) is 90.0 Å². The van der Waals surface area contributed by atoms with E-state index in [4.69, 9.17) is 0 Å². The van der Waals surface area contributed by atoms with Crippen LogP contribution in [-0.2, 0) is 9.59 Å². The van der Waals surface area contributed by atoms with Gasteiger partial charge in [0.05, 0.1) is 0 Å². The van der Waals surface area contributed by atoms with Crippen LogP contribution in [0.4, 0.5) is 4.79 Å². The maximum absolute atomic E-state index is 11.9. The first-order valence-corrected chi connectivity index (χ1v) is 7.46. The number of nitrogens with zero attached hydrogens (tertiary/aromatic N) is 2. The van der Waals surface area contributed by atoms with Crippen molar-refractivity contribution in [2.45, 2.75) is 25.7 Å². The number of hydrogen-bond donors (Lipinski definition) is 2. The summed E-state index contributed by atoms with van der Waals surface area (Å²) in [6, 6.07) is -0.430. The van der Waals surface area contributed by atoms with Gasteiger partial charge in [0.15, 0.2) is 0 Å². The summed E-state index contributed by atoms with van der Waals surface area (Å²) < 4.78 is 0. The highest BCUT2D eigenvalue weighted by molar-refractivity contribution is 6.04.